The number of nitrogens with zero attached hydrogens (tertiary/aromatic N) is 3. The van der Waals surface area contributed by atoms with E-state index >= 15 is 0 Å². The summed E-state index contributed by atoms with van der Waals surface area (Å²) in [6, 6.07) is 3.51. The molecule has 0 radical (unpaired) electrons. The summed E-state index contributed by atoms with van der Waals surface area (Å²) in [6.45, 7) is 12.2. The van der Waals surface area contributed by atoms with E-state index in [0.717, 1.165) is 24.7 Å². The molecule has 1 aromatic heterocycles. The summed E-state index contributed by atoms with van der Waals surface area (Å²) >= 11 is 0. The van der Waals surface area contributed by atoms with Crippen molar-refractivity contribution in [1.29, 1.82) is 0 Å². The lowest BCUT2D eigenvalue weighted by atomic mass is 9.92. The number of aryl methyl sites for hydroxylation is 2. The Morgan fingerprint density at radius 1 is 1.03 bits per heavy atom. The molecule has 1 aliphatic heterocycles. The lowest BCUT2D eigenvalue weighted by Crippen LogP contribution is -2.26. The van der Waals surface area contributed by atoms with E-state index in [-0.39, 0.29) is 0 Å². The van der Waals surface area contributed by atoms with Crippen LogP contribution in [0.5, 0.6) is 0 Å². The second kappa shape index (κ2) is 8.07. The highest BCUT2D eigenvalue weighted by atomic mass is 19.2. The average Bonchev–Trinajstić information content (AvgIpc) is 3.29. The summed E-state index contributed by atoms with van der Waals surface area (Å²) in [5.74, 6) is 0.486. The van der Waals surface area contributed by atoms with Gasteiger partial charge in [0.1, 0.15) is 0 Å². The Morgan fingerprint density at radius 2 is 1.70 bits per heavy atom. The summed E-state index contributed by atoms with van der Waals surface area (Å²) in [4.78, 5) is 2.61. The number of hydrogen-bond acceptors (Lipinski definition) is 2. The second-order valence-corrected chi connectivity index (χ2v) is 10.8. The predicted octanol–water partition coefficient (Wildman–Crippen LogP) is 5.61. The molecule has 0 spiro atoms. The van der Waals surface area contributed by atoms with Crippen molar-refractivity contribution < 1.29 is 8.78 Å². The number of hydrogen-bond donors (Lipinski definition) is 0. The van der Waals surface area contributed by atoms with Crippen molar-refractivity contribution in [3.05, 3.63) is 41.2 Å². The van der Waals surface area contributed by atoms with E-state index in [1.54, 1.807) is 30.1 Å². The van der Waals surface area contributed by atoms with Gasteiger partial charge in [-0.1, -0.05) is 32.9 Å². The highest BCUT2D eigenvalue weighted by Crippen LogP contribution is 2.43. The molecule has 5 heteroatoms. The van der Waals surface area contributed by atoms with Gasteiger partial charge in [-0.3, -0.25) is 4.68 Å². The first-order chi connectivity index (χ1) is 14.1. The van der Waals surface area contributed by atoms with Crippen molar-refractivity contribution >= 4 is 0 Å². The maximum atomic E-state index is 14.9. The van der Waals surface area contributed by atoms with E-state index < -0.39 is 11.6 Å². The zero-order valence-corrected chi connectivity index (χ0v) is 19.0. The maximum Gasteiger partial charge on any atom is 0.167 e. The molecule has 2 heterocycles. The molecule has 3 nitrogen and oxygen atoms in total. The van der Waals surface area contributed by atoms with E-state index in [4.69, 9.17) is 0 Å². The van der Waals surface area contributed by atoms with Crippen molar-refractivity contribution in [3.8, 4) is 11.1 Å². The smallest absolute Gasteiger partial charge is 0.167 e. The third kappa shape index (κ3) is 4.46. The molecule has 1 unspecified atom stereocenters. The molecule has 1 saturated carbocycles. The zero-order chi connectivity index (χ0) is 21.6. The molecule has 30 heavy (non-hydrogen) atoms. The lowest BCUT2D eigenvalue weighted by Gasteiger charge is -2.24. The summed E-state index contributed by atoms with van der Waals surface area (Å²) in [5, 5.41) is 4.25. The van der Waals surface area contributed by atoms with Crippen LogP contribution in [0.3, 0.4) is 0 Å². The van der Waals surface area contributed by atoms with Gasteiger partial charge < -0.3 is 4.90 Å². The molecular weight excluding hydrogens is 380 g/mol. The van der Waals surface area contributed by atoms with E-state index in [9.17, 15) is 8.78 Å². The highest BCUT2D eigenvalue weighted by Gasteiger charge is 2.41. The van der Waals surface area contributed by atoms with Gasteiger partial charge in [-0.25, -0.2) is 8.78 Å². The Balaban J connectivity index is 1.39. The van der Waals surface area contributed by atoms with Gasteiger partial charge in [-0.2, -0.15) is 5.10 Å². The van der Waals surface area contributed by atoms with Crippen LogP contribution >= 0.6 is 0 Å². The van der Waals surface area contributed by atoms with E-state index in [2.05, 4.69) is 30.8 Å². The molecule has 1 aliphatic carbocycles. The second-order valence-electron chi connectivity index (χ2n) is 10.8. The quantitative estimate of drug-likeness (QED) is 0.633. The molecule has 2 aromatic rings. The van der Waals surface area contributed by atoms with E-state index in [1.807, 2.05) is 6.92 Å². The van der Waals surface area contributed by atoms with Crippen molar-refractivity contribution in [1.82, 2.24) is 14.7 Å². The van der Waals surface area contributed by atoms with Crippen LogP contribution in [0.1, 0.15) is 51.3 Å². The molecule has 2 fully saturated rings. The van der Waals surface area contributed by atoms with Gasteiger partial charge in [-0.05, 0) is 67.9 Å². The SMILES string of the molecule is Cc1nn(C)cc1-c1ccc(CC2C[C@@H]3CN(CCC(C)(C)C)C[C@@H]3C2)c(F)c1F. The van der Waals surface area contributed by atoms with E-state index in [1.165, 1.54) is 26.1 Å². The van der Waals surface area contributed by atoms with Crippen LogP contribution in [0.2, 0.25) is 0 Å². The molecule has 0 N–H and O–H groups in total. The lowest BCUT2D eigenvalue weighted by molar-refractivity contribution is 0.245. The fourth-order valence-corrected chi connectivity index (χ4v) is 5.50. The van der Waals surface area contributed by atoms with Crippen LogP contribution in [0.4, 0.5) is 8.78 Å². The Kier molecular flexibility index (Phi) is 5.78. The highest BCUT2D eigenvalue weighted by molar-refractivity contribution is 5.66. The maximum absolute atomic E-state index is 14.9. The normalized spacial score (nSPS) is 24.6. The molecule has 0 bridgehead atoms. The van der Waals surface area contributed by atoms with Crippen molar-refractivity contribution in [2.45, 2.75) is 53.4 Å². The van der Waals surface area contributed by atoms with Gasteiger partial charge in [0, 0.05) is 37.5 Å². The van der Waals surface area contributed by atoms with Crippen LogP contribution in [-0.2, 0) is 13.5 Å². The number of benzene rings is 1. The van der Waals surface area contributed by atoms with Crippen molar-refractivity contribution in [2.24, 2.45) is 30.2 Å². The third-order valence-electron chi connectivity index (χ3n) is 7.08. The Hall–Kier alpha value is -1.75. The van der Waals surface area contributed by atoms with Crippen LogP contribution < -0.4 is 0 Å². The first-order valence-electron chi connectivity index (χ1n) is 11.3. The molecular formula is C25H35F2N3. The summed E-state index contributed by atoms with van der Waals surface area (Å²) in [7, 11) is 1.79. The molecule has 1 aromatic carbocycles. The third-order valence-corrected chi connectivity index (χ3v) is 7.08. The standard InChI is InChI=1S/C25H35F2N3/c1-16-22(15-29(5)28-16)21-7-6-18(23(26)24(21)27)10-17-11-19-13-30(14-20(19)12-17)9-8-25(2,3)4/h6-7,15,17,19-20H,8-14H2,1-5H3/t17?,19-,20+. The van der Waals surface area contributed by atoms with E-state index in [0.29, 0.717) is 40.1 Å². The predicted molar refractivity (Wildman–Crippen MR) is 117 cm³/mol. The molecule has 4 rings (SSSR count). The van der Waals surface area contributed by atoms with Gasteiger partial charge in [0.05, 0.1) is 5.69 Å². The first-order valence-corrected chi connectivity index (χ1v) is 11.3. The fraction of sp³-hybridized carbons (Fsp3) is 0.640. The number of halogens is 2. The van der Waals surface area contributed by atoms with Crippen molar-refractivity contribution in [3.63, 3.8) is 0 Å². The minimum Gasteiger partial charge on any atom is -0.303 e. The van der Waals surface area contributed by atoms with Gasteiger partial charge in [-0.15, -0.1) is 0 Å². The summed E-state index contributed by atoms with van der Waals surface area (Å²) in [5.41, 5.74) is 2.57. The van der Waals surface area contributed by atoms with Gasteiger partial charge in [0.2, 0.25) is 0 Å². The zero-order valence-electron chi connectivity index (χ0n) is 19.0. The minimum atomic E-state index is -0.741. The summed E-state index contributed by atoms with van der Waals surface area (Å²) in [6.07, 6.45) is 5.89. The fourth-order valence-electron chi connectivity index (χ4n) is 5.50. The summed E-state index contributed by atoms with van der Waals surface area (Å²) < 4.78 is 31.4. The van der Waals surface area contributed by atoms with Crippen LogP contribution in [-0.4, -0.2) is 34.3 Å². The number of fused-ring (bicyclic) bond motifs is 1. The molecule has 2 aliphatic rings. The average molecular weight is 416 g/mol. The Bertz CT molecular complexity index is 898. The van der Waals surface area contributed by atoms with Crippen LogP contribution in [0.25, 0.3) is 11.1 Å². The molecule has 3 atom stereocenters. The molecule has 164 valence electrons. The number of likely N-dealkylation sites (tertiary alicyclic amines) is 1. The Labute approximate surface area is 179 Å². The number of aromatic nitrogens is 2. The van der Waals surface area contributed by atoms with Crippen molar-refractivity contribution in [2.75, 3.05) is 19.6 Å². The largest absolute Gasteiger partial charge is 0.303 e. The topological polar surface area (TPSA) is 21.1 Å². The molecule has 1 saturated heterocycles. The monoisotopic (exact) mass is 415 g/mol. The molecule has 0 amide bonds. The van der Waals surface area contributed by atoms with Gasteiger partial charge in [0.25, 0.3) is 0 Å². The Morgan fingerprint density at radius 3 is 2.27 bits per heavy atom. The minimum absolute atomic E-state index is 0.305. The van der Waals surface area contributed by atoms with Crippen LogP contribution in [0.15, 0.2) is 18.3 Å². The van der Waals surface area contributed by atoms with Crippen LogP contribution in [0, 0.1) is 41.7 Å². The number of rotatable bonds is 5. The van der Waals surface area contributed by atoms with Gasteiger partial charge in [0.15, 0.2) is 11.6 Å². The first kappa shape index (κ1) is 21.5. The van der Waals surface area contributed by atoms with Gasteiger partial charge >= 0.3 is 0 Å².